The lowest BCUT2D eigenvalue weighted by atomic mass is 10.2. The first kappa shape index (κ1) is 16.8. The second-order valence-electron chi connectivity index (χ2n) is 4.96. The molecule has 2 aromatic rings. The molecule has 1 amide bonds. The topological polar surface area (TPSA) is 81.5 Å². The molecule has 0 bridgehead atoms. The molecule has 120 valence electrons. The average Bonchev–Trinajstić information content (AvgIpc) is 2.51. The van der Waals surface area contributed by atoms with Crippen molar-refractivity contribution in [2.45, 2.75) is 20.0 Å². The smallest absolute Gasteiger partial charge is 0.311 e. The fraction of sp³-hybridized carbons (Fsp3) is 0.188. The Morgan fingerprint density at radius 2 is 2.00 bits per heavy atom. The lowest BCUT2D eigenvalue weighted by molar-refractivity contribution is -0.386. The van der Waals surface area contributed by atoms with E-state index < -0.39 is 16.9 Å². The lowest BCUT2D eigenvalue weighted by Gasteiger charge is -2.15. The van der Waals surface area contributed by atoms with E-state index in [9.17, 15) is 14.9 Å². The van der Waals surface area contributed by atoms with Crippen LogP contribution in [0, 0.1) is 17.0 Å². The normalized spacial score (nSPS) is 11.6. The van der Waals surface area contributed by atoms with Crippen LogP contribution in [0.25, 0.3) is 0 Å². The van der Waals surface area contributed by atoms with E-state index in [1.54, 1.807) is 37.3 Å². The van der Waals surface area contributed by atoms with Gasteiger partial charge in [0.2, 0.25) is 0 Å². The van der Waals surface area contributed by atoms with Gasteiger partial charge in [-0.25, -0.2) is 0 Å². The Morgan fingerprint density at radius 3 is 2.65 bits per heavy atom. The van der Waals surface area contributed by atoms with Gasteiger partial charge in [0.25, 0.3) is 5.91 Å². The maximum atomic E-state index is 12.2. The van der Waals surface area contributed by atoms with Crippen LogP contribution in [0.1, 0.15) is 12.5 Å². The van der Waals surface area contributed by atoms with Crippen molar-refractivity contribution in [1.82, 2.24) is 0 Å². The van der Waals surface area contributed by atoms with Crippen molar-refractivity contribution >= 4 is 28.9 Å². The van der Waals surface area contributed by atoms with Crippen LogP contribution in [0.3, 0.4) is 0 Å². The number of nitrogens with zero attached hydrogens (tertiary/aromatic N) is 1. The fourth-order valence-electron chi connectivity index (χ4n) is 1.91. The molecule has 0 aliphatic heterocycles. The van der Waals surface area contributed by atoms with E-state index in [1.165, 1.54) is 19.1 Å². The number of nitrogens with one attached hydrogen (secondary N) is 1. The Morgan fingerprint density at radius 1 is 1.30 bits per heavy atom. The molecule has 1 atom stereocenters. The Kier molecular flexibility index (Phi) is 5.18. The zero-order chi connectivity index (χ0) is 17.0. The van der Waals surface area contributed by atoms with E-state index in [-0.39, 0.29) is 11.4 Å². The molecule has 7 heteroatoms. The zero-order valence-corrected chi connectivity index (χ0v) is 13.3. The average molecular weight is 335 g/mol. The molecule has 0 aliphatic carbocycles. The summed E-state index contributed by atoms with van der Waals surface area (Å²) in [4.78, 5) is 22.7. The molecule has 0 radical (unpaired) electrons. The van der Waals surface area contributed by atoms with E-state index in [0.717, 1.165) is 5.56 Å². The zero-order valence-electron chi connectivity index (χ0n) is 12.6. The van der Waals surface area contributed by atoms with Gasteiger partial charge in [-0.05, 0) is 37.6 Å². The number of ether oxygens (including phenoxy) is 1. The van der Waals surface area contributed by atoms with Crippen LogP contribution < -0.4 is 10.1 Å². The standard InChI is InChI=1S/C16H15ClN2O4/c1-10-7-8-15(14(9-10)19(21)22)23-11(2)16(20)18-13-6-4-3-5-12(13)17/h3-9,11H,1-2H3,(H,18,20)/t11-/m0/s1. The van der Waals surface area contributed by atoms with Gasteiger partial charge in [0.15, 0.2) is 11.9 Å². The number of rotatable bonds is 5. The first-order chi connectivity index (χ1) is 10.9. The van der Waals surface area contributed by atoms with Crippen LogP contribution in [0.2, 0.25) is 5.02 Å². The Labute approximate surface area is 138 Å². The second-order valence-corrected chi connectivity index (χ2v) is 5.36. The summed E-state index contributed by atoms with van der Waals surface area (Å²) in [6, 6.07) is 11.3. The highest BCUT2D eigenvalue weighted by atomic mass is 35.5. The number of para-hydroxylation sites is 1. The molecule has 6 nitrogen and oxygen atoms in total. The molecule has 0 saturated carbocycles. The molecule has 0 heterocycles. The van der Waals surface area contributed by atoms with Crippen LogP contribution >= 0.6 is 11.6 Å². The minimum Gasteiger partial charge on any atom is -0.474 e. The predicted molar refractivity (Wildman–Crippen MR) is 88.0 cm³/mol. The van der Waals surface area contributed by atoms with Gasteiger partial charge in [0.05, 0.1) is 15.6 Å². The molecule has 0 aliphatic rings. The summed E-state index contributed by atoms with van der Waals surface area (Å²) in [6.45, 7) is 3.25. The molecular formula is C16H15ClN2O4. The number of nitro benzene ring substituents is 1. The largest absolute Gasteiger partial charge is 0.474 e. The van der Waals surface area contributed by atoms with Crippen molar-refractivity contribution in [2.24, 2.45) is 0 Å². The number of amides is 1. The van der Waals surface area contributed by atoms with Crippen molar-refractivity contribution in [1.29, 1.82) is 0 Å². The number of aryl methyl sites for hydroxylation is 1. The molecule has 0 saturated heterocycles. The summed E-state index contributed by atoms with van der Waals surface area (Å²) in [7, 11) is 0. The van der Waals surface area contributed by atoms with Gasteiger partial charge in [-0.15, -0.1) is 0 Å². The van der Waals surface area contributed by atoms with Crippen molar-refractivity contribution in [3.63, 3.8) is 0 Å². The molecule has 2 aromatic carbocycles. The van der Waals surface area contributed by atoms with E-state index in [4.69, 9.17) is 16.3 Å². The van der Waals surface area contributed by atoms with Crippen molar-refractivity contribution in [3.8, 4) is 5.75 Å². The molecule has 2 rings (SSSR count). The van der Waals surface area contributed by atoms with Gasteiger partial charge < -0.3 is 10.1 Å². The van der Waals surface area contributed by atoms with Crippen LogP contribution in [-0.4, -0.2) is 16.9 Å². The Balaban J connectivity index is 2.13. The predicted octanol–water partition coefficient (Wildman–Crippen LogP) is 3.96. The maximum Gasteiger partial charge on any atom is 0.311 e. The minimum atomic E-state index is -0.923. The SMILES string of the molecule is Cc1ccc(O[C@@H](C)C(=O)Nc2ccccc2Cl)c([N+](=O)[O-])c1. The van der Waals surface area contributed by atoms with Crippen molar-refractivity contribution in [2.75, 3.05) is 5.32 Å². The van der Waals surface area contributed by atoms with Crippen LogP contribution in [0.5, 0.6) is 5.75 Å². The third-order valence-electron chi connectivity index (χ3n) is 3.12. The van der Waals surface area contributed by atoms with Gasteiger partial charge in [-0.3, -0.25) is 14.9 Å². The van der Waals surface area contributed by atoms with Gasteiger partial charge in [0, 0.05) is 6.07 Å². The summed E-state index contributed by atoms with van der Waals surface area (Å²) in [6.07, 6.45) is -0.923. The number of anilines is 1. The first-order valence-electron chi connectivity index (χ1n) is 6.85. The molecule has 0 unspecified atom stereocenters. The number of nitro groups is 1. The minimum absolute atomic E-state index is 0.0439. The molecule has 0 aromatic heterocycles. The monoisotopic (exact) mass is 334 g/mol. The number of halogens is 1. The molecular weight excluding hydrogens is 320 g/mol. The summed E-state index contributed by atoms with van der Waals surface area (Å²) in [5.74, 6) is -0.407. The highest BCUT2D eigenvalue weighted by Gasteiger charge is 2.21. The summed E-state index contributed by atoms with van der Waals surface area (Å²) < 4.78 is 5.44. The Hall–Kier alpha value is -2.60. The summed E-state index contributed by atoms with van der Waals surface area (Å²) >= 11 is 5.97. The fourth-order valence-corrected chi connectivity index (χ4v) is 2.09. The van der Waals surface area contributed by atoms with Crippen molar-refractivity contribution in [3.05, 3.63) is 63.2 Å². The molecule has 23 heavy (non-hydrogen) atoms. The van der Waals surface area contributed by atoms with E-state index in [2.05, 4.69) is 5.32 Å². The number of benzene rings is 2. The van der Waals surface area contributed by atoms with E-state index in [1.807, 2.05) is 0 Å². The maximum absolute atomic E-state index is 12.2. The second kappa shape index (κ2) is 7.11. The van der Waals surface area contributed by atoms with Crippen LogP contribution in [0.15, 0.2) is 42.5 Å². The quantitative estimate of drug-likeness (QED) is 0.662. The number of hydrogen-bond acceptors (Lipinski definition) is 4. The highest BCUT2D eigenvalue weighted by Crippen LogP contribution is 2.29. The first-order valence-corrected chi connectivity index (χ1v) is 7.23. The third-order valence-corrected chi connectivity index (χ3v) is 3.45. The molecule has 0 fully saturated rings. The summed E-state index contributed by atoms with van der Waals surface area (Å²) in [5, 5.41) is 14.1. The number of hydrogen-bond donors (Lipinski definition) is 1. The van der Waals surface area contributed by atoms with Crippen LogP contribution in [0.4, 0.5) is 11.4 Å². The van der Waals surface area contributed by atoms with E-state index in [0.29, 0.717) is 10.7 Å². The van der Waals surface area contributed by atoms with Gasteiger partial charge in [-0.1, -0.05) is 29.8 Å². The van der Waals surface area contributed by atoms with Crippen molar-refractivity contribution < 1.29 is 14.5 Å². The van der Waals surface area contributed by atoms with E-state index >= 15 is 0 Å². The molecule has 1 N–H and O–H groups in total. The van der Waals surface area contributed by atoms with Crippen LogP contribution in [-0.2, 0) is 4.79 Å². The molecule has 0 spiro atoms. The lowest BCUT2D eigenvalue weighted by Crippen LogP contribution is -2.30. The summed E-state index contributed by atoms with van der Waals surface area (Å²) in [5.41, 5.74) is 1.01. The Bertz CT molecular complexity index is 749. The third kappa shape index (κ3) is 4.20. The highest BCUT2D eigenvalue weighted by molar-refractivity contribution is 6.33. The van der Waals surface area contributed by atoms with Gasteiger partial charge in [-0.2, -0.15) is 0 Å². The van der Waals surface area contributed by atoms with Gasteiger partial charge >= 0.3 is 5.69 Å². The number of carbonyl (C=O) groups excluding carboxylic acids is 1. The van der Waals surface area contributed by atoms with Gasteiger partial charge in [0.1, 0.15) is 0 Å². The number of carbonyl (C=O) groups is 1.